The Balaban J connectivity index is 1.53. The van der Waals surface area contributed by atoms with E-state index >= 15 is 0 Å². The molecule has 0 spiro atoms. The van der Waals surface area contributed by atoms with Gasteiger partial charge in [0.1, 0.15) is 11.6 Å². The molecule has 2 aliphatic rings. The van der Waals surface area contributed by atoms with E-state index in [4.69, 9.17) is 0 Å². The monoisotopic (exact) mass is 300 g/mol. The third kappa shape index (κ3) is 2.71. The van der Waals surface area contributed by atoms with Crippen molar-refractivity contribution in [2.45, 2.75) is 24.9 Å². The van der Waals surface area contributed by atoms with Crippen LogP contribution in [0.15, 0.2) is 30.7 Å². The molecule has 2 aromatic heterocycles. The zero-order valence-corrected chi connectivity index (χ0v) is 12.0. The molecule has 7 heteroatoms. The average molecular weight is 300 g/mol. The Morgan fingerprint density at radius 1 is 1.23 bits per heavy atom. The molecule has 2 unspecified atom stereocenters. The van der Waals surface area contributed by atoms with Gasteiger partial charge in [-0.25, -0.2) is 9.37 Å². The van der Waals surface area contributed by atoms with Crippen LogP contribution in [-0.4, -0.2) is 40.1 Å². The normalized spacial score (nSPS) is 23.6. The number of piperazine rings is 1. The molecule has 2 aromatic rings. The van der Waals surface area contributed by atoms with Crippen LogP contribution in [0, 0.1) is 5.82 Å². The van der Waals surface area contributed by atoms with Gasteiger partial charge in [-0.1, -0.05) is 0 Å². The average Bonchev–Trinajstić information content (AvgIpc) is 2.86. The minimum absolute atomic E-state index is 0.389. The van der Waals surface area contributed by atoms with Gasteiger partial charge in [0.25, 0.3) is 0 Å². The second-order valence-corrected chi connectivity index (χ2v) is 5.80. The number of nitrogens with zero attached hydrogens (tertiary/aromatic N) is 4. The van der Waals surface area contributed by atoms with Gasteiger partial charge in [-0.05, 0) is 18.9 Å². The first kappa shape index (κ1) is 13.4. The molecule has 4 rings (SSSR count). The van der Waals surface area contributed by atoms with Crippen molar-refractivity contribution in [1.82, 2.24) is 20.3 Å². The molecule has 0 aromatic carbocycles. The van der Waals surface area contributed by atoms with Crippen molar-refractivity contribution in [2.75, 3.05) is 23.3 Å². The van der Waals surface area contributed by atoms with Crippen molar-refractivity contribution < 1.29 is 4.39 Å². The summed E-state index contributed by atoms with van der Waals surface area (Å²) >= 11 is 0. The molecule has 22 heavy (non-hydrogen) atoms. The highest BCUT2D eigenvalue weighted by atomic mass is 19.1. The highest BCUT2D eigenvalue weighted by molar-refractivity contribution is 5.54. The molecule has 0 aliphatic carbocycles. The summed E-state index contributed by atoms with van der Waals surface area (Å²) in [6.07, 6.45) is 6.89. The fraction of sp³-hybridized carbons (Fsp3) is 0.400. The van der Waals surface area contributed by atoms with E-state index in [0.717, 1.165) is 18.9 Å². The predicted octanol–water partition coefficient (Wildman–Crippen LogP) is 1.69. The molecule has 2 atom stereocenters. The largest absolute Gasteiger partial charge is 0.353 e. The fourth-order valence-corrected chi connectivity index (χ4v) is 3.18. The molecule has 2 bridgehead atoms. The fourth-order valence-electron chi connectivity index (χ4n) is 3.18. The Kier molecular flexibility index (Phi) is 3.34. The summed E-state index contributed by atoms with van der Waals surface area (Å²) in [5.41, 5.74) is 0.539. The summed E-state index contributed by atoms with van der Waals surface area (Å²) in [4.78, 5) is 14.8. The predicted molar refractivity (Wildman–Crippen MR) is 81.7 cm³/mol. The second-order valence-electron chi connectivity index (χ2n) is 5.80. The molecule has 0 radical (unpaired) electrons. The molecular weight excluding hydrogens is 283 g/mol. The minimum atomic E-state index is -0.389. The highest BCUT2D eigenvalue weighted by Crippen LogP contribution is 2.24. The molecule has 4 heterocycles. The molecular formula is C15H17FN6. The first-order chi connectivity index (χ1) is 10.8. The van der Waals surface area contributed by atoms with E-state index in [9.17, 15) is 4.39 Å². The molecule has 114 valence electrons. The van der Waals surface area contributed by atoms with Crippen LogP contribution in [0.1, 0.15) is 12.8 Å². The van der Waals surface area contributed by atoms with Crippen LogP contribution < -0.4 is 15.5 Å². The Morgan fingerprint density at radius 3 is 2.82 bits per heavy atom. The lowest BCUT2D eigenvalue weighted by atomic mass is 10.2. The van der Waals surface area contributed by atoms with Gasteiger partial charge in [0.05, 0.1) is 18.1 Å². The Morgan fingerprint density at radius 2 is 2.05 bits per heavy atom. The van der Waals surface area contributed by atoms with Gasteiger partial charge in [-0.2, -0.15) is 4.98 Å². The van der Waals surface area contributed by atoms with Crippen LogP contribution in [0.5, 0.6) is 0 Å². The lowest BCUT2D eigenvalue weighted by molar-refractivity contribution is 0.463. The number of anilines is 3. The Hall–Kier alpha value is -2.28. The topological polar surface area (TPSA) is 66.0 Å². The number of fused-ring (bicyclic) bond motifs is 2. The molecule has 2 aliphatic heterocycles. The number of nitrogens with one attached hydrogen (secondary N) is 2. The van der Waals surface area contributed by atoms with E-state index in [1.165, 1.54) is 25.1 Å². The summed E-state index contributed by atoms with van der Waals surface area (Å²) in [6.45, 7) is 1.93. The molecule has 2 fully saturated rings. The van der Waals surface area contributed by atoms with Crippen molar-refractivity contribution in [1.29, 1.82) is 0 Å². The van der Waals surface area contributed by atoms with E-state index in [0.29, 0.717) is 23.7 Å². The zero-order valence-electron chi connectivity index (χ0n) is 12.0. The Labute approximate surface area is 127 Å². The molecule has 2 N–H and O–H groups in total. The standard InChI is InChI=1S/C15H17FN6/c16-10-5-13(7-17-6-10)20-15-18-4-3-14(21-15)22-8-11-1-2-12(9-22)19-11/h3-7,11-12,19H,1-2,8-9H2,(H,18,20,21). The number of hydrogen-bond acceptors (Lipinski definition) is 6. The molecule has 2 saturated heterocycles. The summed E-state index contributed by atoms with van der Waals surface area (Å²) in [7, 11) is 0. The first-order valence-electron chi connectivity index (χ1n) is 7.48. The van der Waals surface area contributed by atoms with Crippen molar-refractivity contribution in [3.63, 3.8) is 0 Å². The maximum atomic E-state index is 13.2. The van der Waals surface area contributed by atoms with Crippen LogP contribution in [0.25, 0.3) is 0 Å². The minimum Gasteiger partial charge on any atom is -0.353 e. The smallest absolute Gasteiger partial charge is 0.229 e. The van der Waals surface area contributed by atoms with Crippen LogP contribution in [0.4, 0.5) is 21.8 Å². The van der Waals surface area contributed by atoms with Crippen molar-refractivity contribution >= 4 is 17.5 Å². The SMILES string of the molecule is Fc1cncc(Nc2nccc(N3CC4CCC(C3)N4)n2)c1. The van der Waals surface area contributed by atoms with Gasteiger partial charge >= 0.3 is 0 Å². The summed E-state index contributed by atoms with van der Waals surface area (Å²) in [5, 5.41) is 6.60. The quantitative estimate of drug-likeness (QED) is 0.899. The van der Waals surface area contributed by atoms with Gasteiger partial charge in [0, 0.05) is 37.4 Å². The van der Waals surface area contributed by atoms with E-state index in [-0.39, 0.29) is 5.82 Å². The van der Waals surface area contributed by atoms with Gasteiger partial charge in [0.15, 0.2) is 0 Å². The zero-order chi connectivity index (χ0) is 14.9. The van der Waals surface area contributed by atoms with Gasteiger partial charge in [0.2, 0.25) is 5.95 Å². The van der Waals surface area contributed by atoms with Crippen molar-refractivity contribution in [3.8, 4) is 0 Å². The summed E-state index contributed by atoms with van der Waals surface area (Å²) < 4.78 is 13.2. The molecule has 6 nitrogen and oxygen atoms in total. The van der Waals surface area contributed by atoms with Gasteiger partial charge in [-0.3, -0.25) is 4.98 Å². The van der Waals surface area contributed by atoms with Crippen LogP contribution >= 0.6 is 0 Å². The summed E-state index contributed by atoms with van der Waals surface area (Å²) in [6, 6.07) is 4.39. The lowest BCUT2D eigenvalue weighted by Gasteiger charge is -2.33. The number of halogens is 1. The number of rotatable bonds is 3. The van der Waals surface area contributed by atoms with Crippen LogP contribution in [-0.2, 0) is 0 Å². The number of hydrogen-bond donors (Lipinski definition) is 2. The third-order valence-electron chi connectivity index (χ3n) is 4.14. The first-order valence-corrected chi connectivity index (χ1v) is 7.48. The maximum absolute atomic E-state index is 13.2. The third-order valence-corrected chi connectivity index (χ3v) is 4.14. The Bertz CT molecular complexity index is 667. The van der Waals surface area contributed by atoms with Gasteiger partial charge in [-0.15, -0.1) is 0 Å². The summed E-state index contributed by atoms with van der Waals surface area (Å²) in [5.74, 6) is 0.968. The number of aromatic nitrogens is 3. The van der Waals surface area contributed by atoms with E-state index in [1.54, 1.807) is 12.4 Å². The lowest BCUT2D eigenvalue weighted by Crippen LogP contribution is -2.51. The van der Waals surface area contributed by atoms with Crippen LogP contribution in [0.2, 0.25) is 0 Å². The van der Waals surface area contributed by atoms with Crippen molar-refractivity contribution in [3.05, 3.63) is 36.5 Å². The van der Waals surface area contributed by atoms with E-state index in [1.807, 2.05) is 6.07 Å². The second kappa shape index (κ2) is 5.49. The molecule has 0 amide bonds. The van der Waals surface area contributed by atoms with E-state index < -0.39 is 0 Å². The van der Waals surface area contributed by atoms with E-state index in [2.05, 4.69) is 30.5 Å². The highest BCUT2D eigenvalue weighted by Gasteiger charge is 2.32. The number of pyridine rings is 1. The molecule has 0 saturated carbocycles. The van der Waals surface area contributed by atoms with Crippen molar-refractivity contribution in [2.24, 2.45) is 0 Å². The van der Waals surface area contributed by atoms with Gasteiger partial charge < -0.3 is 15.5 Å². The maximum Gasteiger partial charge on any atom is 0.229 e. The van der Waals surface area contributed by atoms with Crippen LogP contribution in [0.3, 0.4) is 0 Å².